The Bertz CT molecular complexity index is 7330. The zero-order valence-electron chi connectivity index (χ0n) is 69.0. The molecule has 20 aromatic rings. The average Bonchev–Trinajstić information content (AvgIpc) is 1.70. The first-order chi connectivity index (χ1) is 56.5. The van der Waals surface area contributed by atoms with E-state index in [4.69, 9.17) is 13.3 Å². The minimum atomic E-state index is -0.0574. The summed E-state index contributed by atoms with van der Waals surface area (Å²) in [7, 11) is 0. The van der Waals surface area contributed by atoms with Crippen LogP contribution < -0.4 is 9.80 Å². The number of anilines is 6. The number of hydrogen-bond acceptors (Lipinski definition) is 5. The highest BCUT2D eigenvalue weighted by Crippen LogP contribution is 2.57. The molecular formula is C110H96Br2N2O3. The molecule has 3 heterocycles. The highest BCUT2D eigenvalue weighted by Gasteiger charge is 2.36. The van der Waals surface area contributed by atoms with Crippen molar-refractivity contribution in [1.82, 2.24) is 0 Å². The van der Waals surface area contributed by atoms with Crippen LogP contribution in [-0.4, -0.2) is 0 Å². The molecule has 0 spiro atoms. The molecule has 0 N–H and O–H groups in total. The molecule has 0 atom stereocenters. The van der Waals surface area contributed by atoms with Crippen LogP contribution >= 0.6 is 31.9 Å². The van der Waals surface area contributed by atoms with E-state index < -0.39 is 0 Å². The van der Waals surface area contributed by atoms with E-state index in [0.717, 1.165) is 115 Å². The number of fused-ring (bicyclic) bond motifs is 9. The summed E-state index contributed by atoms with van der Waals surface area (Å²) in [6.07, 6.45) is 5.33. The average molecular weight is 1650 g/mol. The van der Waals surface area contributed by atoms with E-state index in [2.05, 4.69) is 380 Å². The molecule has 0 amide bonds. The summed E-state index contributed by atoms with van der Waals surface area (Å²) in [5.41, 5.74) is 27.3. The second-order valence-corrected chi connectivity index (χ2v) is 37.5. The van der Waals surface area contributed by atoms with Gasteiger partial charge in [0.15, 0.2) is 11.2 Å². The van der Waals surface area contributed by atoms with E-state index in [1.807, 2.05) is 12.1 Å². The van der Waals surface area contributed by atoms with Gasteiger partial charge in [0.25, 0.3) is 0 Å². The zero-order valence-corrected chi connectivity index (χ0v) is 72.2. The van der Waals surface area contributed by atoms with Crippen molar-refractivity contribution in [2.24, 2.45) is 0 Å². The molecule has 2 aliphatic rings. The molecule has 2 aliphatic carbocycles. The van der Waals surface area contributed by atoms with E-state index in [-0.39, 0.29) is 10.8 Å². The van der Waals surface area contributed by atoms with Crippen LogP contribution in [0.25, 0.3) is 130 Å². The molecule has 5 nitrogen and oxygen atoms in total. The largest absolute Gasteiger partial charge is 0.456 e. The molecule has 0 fully saturated rings. The number of hydrogen-bond donors (Lipinski definition) is 0. The molecule has 7 heteroatoms. The Hall–Kier alpha value is -11.2. The minimum Gasteiger partial charge on any atom is -0.456 e. The predicted molar refractivity (Wildman–Crippen MR) is 506 cm³/mol. The van der Waals surface area contributed by atoms with Crippen LogP contribution in [0, 0.1) is 6.92 Å². The van der Waals surface area contributed by atoms with Crippen LogP contribution in [0.5, 0.6) is 0 Å². The molecule has 117 heavy (non-hydrogen) atoms. The van der Waals surface area contributed by atoms with Crippen molar-refractivity contribution in [3.63, 3.8) is 0 Å². The highest BCUT2D eigenvalue weighted by atomic mass is 79.9. The highest BCUT2D eigenvalue weighted by molar-refractivity contribution is 9.11. The van der Waals surface area contributed by atoms with Gasteiger partial charge in [-0.25, -0.2) is 0 Å². The smallest absolute Gasteiger partial charge is 0.159 e. The van der Waals surface area contributed by atoms with Crippen LogP contribution in [0.4, 0.5) is 34.1 Å². The molecule has 3 aromatic heterocycles. The van der Waals surface area contributed by atoms with Crippen LogP contribution in [0.1, 0.15) is 181 Å². The maximum atomic E-state index is 6.87. The van der Waals surface area contributed by atoms with Crippen molar-refractivity contribution in [3.8, 4) is 0 Å². The van der Waals surface area contributed by atoms with Gasteiger partial charge < -0.3 is 23.1 Å². The number of para-hydroxylation sites is 5. The van der Waals surface area contributed by atoms with Gasteiger partial charge in [0, 0.05) is 68.8 Å². The third kappa shape index (κ3) is 12.4. The Labute approximate surface area is 701 Å². The molecule has 0 aliphatic heterocycles. The number of furan rings is 3. The Morgan fingerprint density at radius 3 is 1.28 bits per heavy atom. The zero-order chi connectivity index (χ0) is 80.4. The van der Waals surface area contributed by atoms with Crippen molar-refractivity contribution < 1.29 is 13.3 Å². The van der Waals surface area contributed by atoms with E-state index in [0.29, 0.717) is 23.7 Å². The summed E-state index contributed by atoms with van der Waals surface area (Å²) in [5, 5.41) is 23.1. The molecule has 0 saturated heterocycles. The standard InChI is InChI=1S/C64H54N2O2.C24H22Br2.C22H20O/c1-37(2)40-22-26-43(27-23-40)65(53-18-12-16-48-46-14-8-10-20-57(46)67-62(48)53)55-34-39(5)45-30-31-50-56(35-42-32-33-64(6,7)52-36-51(55)60(45)61(50)59(42)52)66(44-28-24-41(25-29-44)38(3)4)54-19-13-17-49-47-15-9-11-21-58(47)68-63(49)54;1-12(2)16-11-20(26)17-10-18-21-13(7-8-24(18,3)4)9-19(25)15-6-5-14(16)22(17)23(15)21;1-15(2)18-10-7-16(8-11-18)13-17-9-12-20-19-5-3-4-6-21(19)23-22(20)14-17/h8-31,34-38H,32-33H2,1-7H3;5-6,9-12H,7-8H2,1-4H3;3-12,14-15H,13H2,1-2H3. The lowest BCUT2D eigenvalue weighted by Gasteiger charge is -2.37. The molecule has 0 saturated carbocycles. The number of benzene rings is 17. The van der Waals surface area contributed by atoms with Gasteiger partial charge in [0.05, 0.1) is 22.7 Å². The van der Waals surface area contributed by atoms with E-state index in [1.54, 1.807) is 0 Å². The van der Waals surface area contributed by atoms with Crippen LogP contribution in [0.2, 0.25) is 0 Å². The summed E-state index contributed by atoms with van der Waals surface area (Å²) in [4.78, 5) is 4.96. The van der Waals surface area contributed by atoms with Gasteiger partial charge in [-0.05, 0) is 280 Å². The van der Waals surface area contributed by atoms with Crippen molar-refractivity contribution in [3.05, 3.63) is 331 Å². The van der Waals surface area contributed by atoms with Crippen molar-refractivity contribution >= 4 is 196 Å². The van der Waals surface area contributed by atoms with Gasteiger partial charge in [-0.1, -0.05) is 279 Å². The Balaban J connectivity index is 0.000000145. The molecule has 0 radical (unpaired) electrons. The number of rotatable bonds is 12. The summed E-state index contributed by atoms with van der Waals surface area (Å²) in [6.45, 7) is 30.1. The van der Waals surface area contributed by atoms with Gasteiger partial charge in [-0.15, -0.1) is 0 Å². The minimum absolute atomic E-state index is 0.0574. The van der Waals surface area contributed by atoms with Crippen molar-refractivity contribution in [1.29, 1.82) is 0 Å². The second-order valence-electron chi connectivity index (χ2n) is 35.8. The van der Waals surface area contributed by atoms with Crippen LogP contribution in [-0.2, 0) is 30.1 Å². The van der Waals surface area contributed by atoms with E-state index in [9.17, 15) is 0 Å². The Morgan fingerprint density at radius 2 is 0.735 bits per heavy atom. The first-order valence-corrected chi connectivity index (χ1v) is 43.6. The predicted octanol–water partition coefficient (Wildman–Crippen LogP) is 33.9. The lowest BCUT2D eigenvalue weighted by atomic mass is 9.70. The normalized spacial score (nSPS) is 13.9. The maximum absolute atomic E-state index is 6.87. The molecule has 17 aromatic carbocycles. The van der Waals surface area contributed by atoms with Crippen molar-refractivity contribution in [2.45, 2.75) is 157 Å². The molecular weight excluding hydrogens is 1560 g/mol. The number of halogens is 2. The molecule has 22 rings (SSSR count). The summed E-state index contributed by atoms with van der Waals surface area (Å²) < 4.78 is 22.2. The monoisotopic (exact) mass is 1650 g/mol. The molecule has 0 bridgehead atoms. The summed E-state index contributed by atoms with van der Waals surface area (Å²) in [5.74, 6) is 1.91. The number of nitrogens with zero attached hydrogens (tertiary/aromatic N) is 2. The van der Waals surface area contributed by atoms with Crippen LogP contribution in [0.15, 0.2) is 283 Å². The fourth-order valence-electron chi connectivity index (χ4n) is 19.7. The van der Waals surface area contributed by atoms with E-state index >= 15 is 0 Å². The summed E-state index contributed by atoms with van der Waals surface area (Å²) >= 11 is 7.77. The Kier molecular flexibility index (Phi) is 18.2. The van der Waals surface area contributed by atoms with Gasteiger partial charge in [-0.2, -0.15) is 0 Å². The van der Waals surface area contributed by atoms with Gasteiger partial charge >= 0.3 is 0 Å². The first kappa shape index (κ1) is 74.6. The number of aryl methyl sites for hydroxylation is 3. The van der Waals surface area contributed by atoms with Gasteiger partial charge in [-0.3, -0.25) is 0 Å². The van der Waals surface area contributed by atoms with Gasteiger partial charge in [0.2, 0.25) is 0 Å². The van der Waals surface area contributed by atoms with Crippen molar-refractivity contribution in [2.75, 3.05) is 9.80 Å². The molecule has 0 unspecified atom stereocenters. The Morgan fingerprint density at radius 1 is 0.316 bits per heavy atom. The summed E-state index contributed by atoms with van der Waals surface area (Å²) in [6, 6.07) is 96.3. The first-order valence-electron chi connectivity index (χ1n) is 42.0. The maximum Gasteiger partial charge on any atom is 0.159 e. The fraction of sp³-hybridized carbons (Fsp3) is 0.218. The second kappa shape index (κ2) is 28.6. The van der Waals surface area contributed by atoms with Crippen LogP contribution in [0.3, 0.4) is 0 Å². The third-order valence-corrected chi connectivity index (χ3v) is 27.6. The quantitative estimate of drug-likeness (QED) is 0.114. The lowest BCUT2D eigenvalue weighted by molar-refractivity contribution is 0.475. The fourth-order valence-corrected chi connectivity index (χ4v) is 20.9. The lowest BCUT2D eigenvalue weighted by Crippen LogP contribution is -2.24. The SMILES string of the molecule is CC(C)c1cc(Br)c2cc3c4c(cc(Br)c5ccc1c2c54)CCC3(C)C.CC(C)c1ccc(Cc2ccc3c(c2)oc2ccccc23)cc1.Cc1cc(N(c2ccc(C(C)C)cc2)c2cccc3c2oc2ccccc23)c2cc3c4c(cc(N(c5ccc(C(C)C)cc5)c5cccc6c5oc5ccccc56)c5ccc1c2c54)CCC3(C)C. The third-order valence-electron chi connectivity index (χ3n) is 26.2. The topological polar surface area (TPSA) is 45.9 Å². The molecule has 578 valence electrons. The van der Waals surface area contributed by atoms with E-state index in [1.165, 1.54) is 152 Å². The van der Waals surface area contributed by atoms with Gasteiger partial charge in [0.1, 0.15) is 22.3 Å².